The lowest BCUT2D eigenvalue weighted by Gasteiger charge is -2.39. The van der Waals surface area contributed by atoms with E-state index in [1.54, 1.807) is 0 Å². The Balaban J connectivity index is 1.59. The number of benzene rings is 1. The molecule has 12 heteroatoms. The van der Waals surface area contributed by atoms with Gasteiger partial charge in [0.25, 0.3) is 5.91 Å². The first-order valence-electron chi connectivity index (χ1n) is 10.7. The number of nitrogens with zero attached hydrogens (tertiary/aromatic N) is 1. The summed E-state index contributed by atoms with van der Waals surface area (Å²) in [6.07, 6.45) is -2.31. The molecule has 0 spiro atoms. The van der Waals surface area contributed by atoms with E-state index in [2.05, 4.69) is 10.1 Å². The molecule has 0 radical (unpaired) electrons. The number of fused-ring (bicyclic) bond motifs is 1. The predicted octanol–water partition coefficient (Wildman–Crippen LogP) is 2.77. The second-order valence-corrected chi connectivity index (χ2v) is 9.23. The Kier molecular flexibility index (Phi) is 7.20. The summed E-state index contributed by atoms with van der Waals surface area (Å²) < 4.78 is 61.8. The smallest absolute Gasteiger partial charge is 0.406 e. The lowest BCUT2D eigenvalue weighted by molar-refractivity contribution is -0.274. The van der Waals surface area contributed by atoms with E-state index in [0.29, 0.717) is 31.6 Å². The van der Waals surface area contributed by atoms with Crippen LogP contribution in [0.4, 0.5) is 17.6 Å². The molecule has 3 aliphatic heterocycles. The van der Waals surface area contributed by atoms with Crippen molar-refractivity contribution < 1.29 is 36.6 Å². The summed E-state index contributed by atoms with van der Waals surface area (Å²) in [6.45, 7) is 1.04. The summed E-state index contributed by atoms with van der Waals surface area (Å²) in [5.41, 5.74) is 6.24. The number of hydrogen-bond acceptors (Lipinski definition) is 7. The largest absolute Gasteiger partial charge is 0.573 e. The number of alkyl halides is 3. The summed E-state index contributed by atoms with van der Waals surface area (Å²) in [5.74, 6) is -1.95. The van der Waals surface area contributed by atoms with Crippen molar-refractivity contribution in [3.63, 3.8) is 0 Å². The molecule has 3 N–H and O–H groups in total. The van der Waals surface area contributed by atoms with Crippen LogP contribution in [0, 0.1) is 0 Å². The predicted molar refractivity (Wildman–Crippen MR) is 116 cm³/mol. The number of ether oxygens (including phenoxy) is 2. The van der Waals surface area contributed by atoms with Crippen LogP contribution >= 0.6 is 11.8 Å². The van der Waals surface area contributed by atoms with Crippen LogP contribution in [0.15, 0.2) is 46.8 Å². The fraction of sp³-hybridized carbons (Fsp3) is 0.455. The Labute approximate surface area is 197 Å². The van der Waals surface area contributed by atoms with Gasteiger partial charge in [-0.25, -0.2) is 4.39 Å². The maximum Gasteiger partial charge on any atom is 0.573 e. The van der Waals surface area contributed by atoms with Gasteiger partial charge in [-0.1, -0.05) is 12.1 Å². The third kappa shape index (κ3) is 5.56. The molecule has 2 saturated heterocycles. The summed E-state index contributed by atoms with van der Waals surface area (Å²) in [6, 6.07) is 3.14. The molecule has 1 aromatic rings. The molecule has 3 aliphatic rings. The van der Waals surface area contributed by atoms with E-state index in [9.17, 15) is 22.8 Å². The molecule has 0 saturated carbocycles. The number of carbonyl (C=O) groups excluding carboxylic acids is 2. The van der Waals surface area contributed by atoms with Crippen molar-refractivity contribution in [1.82, 2.24) is 10.2 Å². The standard InChI is InChI=1S/C22H23F4N3O4S/c23-17-15(21(31)28-13-5-7-32-8-6-13)10-29(18-19(30)16(27)11-34-20(17)18)9-12-1-3-14(4-2-12)33-22(24,25)26/h1-4,10,13,16,18H,5-9,11,27H2,(H,28,31)/t16-,18?/m0/s1. The minimum atomic E-state index is -4.82. The maximum atomic E-state index is 15.4. The molecular weight excluding hydrogens is 478 g/mol. The zero-order valence-corrected chi connectivity index (χ0v) is 18.8. The van der Waals surface area contributed by atoms with Crippen molar-refractivity contribution in [1.29, 1.82) is 0 Å². The number of hydrogen-bond donors (Lipinski definition) is 2. The van der Waals surface area contributed by atoms with Crippen molar-refractivity contribution in [2.75, 3.05) is 19.0 Å². The van der Waals surface area contributed by atoms with Crippen LogP contribution in [0.1, 0.15) is 18.4 Å². The average Bonchev–Trinajstić information content (AvgIpc) is 2.78. The van der Waals surface area contributed by atoms with Gasteiger partial charge in [0.15, 0.2) is 5.78 Å². The van der Waals surface area contributed by atoms with E-state index in [1.165, 1.54) is 23.2 Å². The Morgan fingerprint density at radius 1 is 1.24 bits per heavy atom. The molecule has 0 aliphatic carbocycles. The van der Waals surface area contributed by atoms with Crippen molar-refractivity contribution in [2.45, 2.75) is 43.9 Å². The zero-order chi connectivity index (χ0) is 24.5. The van der Waals surface area contributed by atoms with Crippen LogP contribution < -0.4 is 15.8 Å². The number of ketones is 1. The van der Waals surface area contributed by atoms with Gasteiger partial charge in [0.1, 0.15) is 17.6 Å². The molecule has 2 atom stereocenters. The van der Waals surface area contributed by atoms with E-state index in [0.717, 1.165) is 23.9 Å². The summed E-state index contributed by atoms with van der Waals surface area (Å²) in [4.78, 5) is 27.4. The van der Waals surface area contributed by atoms with E-state index < -0.39 is 30.2 Å². The van der Waals surface area contributed by atoms with Crippen LogP contribution in [0.3, 0.4) is 0 Å². The zero-order valence-electron chi connectivity index (χ0n) is 17.9. The van der Waals surface area contributed by atoms with Crippen molar-refractivity contribution >= 4 is 23.5 Å². The number of halogens is 4. The topological polar surface area (TPSA) is 93.9 Å². The molecule has 3 heterocycles. The SMILES string of the molecule is N[C@H]1CSC2=C(F)C(C(=O)NC3CCOCC3)=CN(Cc3ccc(OC(F)(F)F)cc3)C2C1=O. The Hall–Kier alpha value is -2.57. The number of amides is 1. The first kappa shape index (κ1) is 24.6. The monoisotopic (exact) mass is 501 g/mol. The van der Waals surface area contributed by atoms with E-state index in [-0.39, 0.29) is 40.4 Å². The van der Waals surface area contributed by atoms with Crippen LogP contribution in [-0.4, -0.2) is 60.0 Å². The highest BCUT2D eigenvalue weighted by molar-refractivity contribution is 8.03. The molecule has 1 aromatic carbocycles. The number of Topliss-reactive ketones (excluding diaryl/α,β-unsaturated/α-hetero) is 1. The van der Waals surface area contributed by atoms with Crippen LogP contribution in [-0.2, 0) is 20.9 Å². The first-order chi connectivity index (χ1) is 16.1. The molecule has 0 bridgehead atoms. The van der Waals surface area contributed by atoms with Crippen molar-refractivity contribution in [2.24, 2.45) is 5.73 Å². The number of thioether (sulfide) groups is 1. The van der Waals surface area contributed by atoms with Gasteiger partial charge in [0, 0.05) is 37.8 Å². The molecule has 1 amide bonds. The second kappa shape index (κ2) is 9.96. The van der Waals surface area contributed by atoms with Gasteiger partial charge in [0.2, 0.25) is 0 Å². The molecule has 0 aromatic heterocycles. The highest BCUT2D eigenvalue weighted by Gasteiger charge is 2.43. The van der Waals surface area contributed by atoms with Crippen LogP contribution in [0.5, 0.6) is 5.75 Å². The molecular formula is C22H23F4N3O4S. The highest BCUT2D eigenvalue weighted by Crippen LogP contribution is 2.40. The lowest BCUT2D eigenvalue weighted by Crippen LogP contribution is -2.53. The molecule has 184 valence electrons. The first-order valence-corrected chi connectivity index (χ1v) is 11.6. The van der Waals surface area contributed by atoms with E-state index in [4.69, 9.17) is 10.5 Å². The fourth-order valence-electron chi connectivity index (χ4n) is 4.01. The summed E-state index contributed by atoms with van der Waals surface area (Å²) >= 11 is 1.09. The van der Waals surface area contributed by atoms with Crippen LogP contribution in [0.25, 0.3) is 0 Å². The quantitative estimate of drug-likeness (QED) is 0.600. The lowest BCUT2D eigenvalue weighted by atomic mass is 9.97. The average molecular weight is 502 g/mol. The third-order valence-electron chi connectivity index (χ3n) is 5.70. The highest BCUT2D eigenvalue weighted by atomic mass is 32.2. The number of rotatable bonds is 5. The molecule has 7 nitrogen and oxygen atoms in total. The van der Waals surface area contributed by atoms with Gasteiger partial charge in [-0.05, 0) is 30.5 Å². The van der Waals surface area contributed by atoms with Crippen molar-refractivity contribution in [3.8, 4) is 5.75 Å². The molecule has 1 unspecified atom stereocenters. The Morgan fingerprint density at radius 2 is 1.91 bits per heavy atom. The molecule has 4 rings (SSSR count). The second-order valence-electron chi connectivity index (χ2n) is 8.17. The minimum absolute atomic E-state index is 0.0425. The summed E-state index contributed by atoms with van der Waals surface area (Å²) in [7, 11) is 0. The van der Waals surface area contributed by atoms with Gasteiger partial charge >= 0.3 is 6.36 Å². The van der Waals surface area contributed by atoms with Gasteiger partial charge in [-0.3, -0.25) is 9.59 Å². The molecule has 2 fully saturated rings. The fourth-order valence-corrected chi connectivity index (χ4v) is 5.18. The molecule has 34 heavy (non-hydrogen) atoms. The van der Waals surface area contributed by atoms with E-state index >= 15 is 4.39 Å². The van der Waals surface area contributed by atoms with Gasteiger partial charge in [0.05, 0.1) is 16.5 Å². The minimum Gasteiger partial charge on any atom is -0.406 e. The van der Waals surface area contributed by atoms with E-state index in [1.807, 2.05) is 0 Å². The summed E-state index contributed by atoms with van der Waals surface area (Å²) in [5, 5.41) is 2.82. The normalized spacial score (nSPS) is 24.0. The Morgan fingerprint density at radius 3 is 2.56 bits per heavy atom. The van der Waals surface area contributed by atoms with Gasteiger partial charge < -0.3 is 25.4 Å². The van der Waals surface area contributed by atoms with Crippen molar-refractivity contribution in [3.05, 3.63) is 52.3 Å². The van der Waals surface area contributed by atoms with Gasteiger partial charge in [-0.15, -0.1) is 24.9 Å². The maximum absolute atomic E-state index is 15.4. The Bertz CT molecular complexity index is 1010. The third-order valence-corrected chi connectivity index (χ3v) is 6.94. The number of nitrogens with two attached hydrogens (primary N) is 1. The van der Waals surface area contributed by atoms with Crippen LogP contribution in [0.2, 0.25) is 0 Å². The number of nitrogens with one attached hydrogen (secondary N) is 1. The van der Waals surface area contributed by atoms with Gasteiger partial charge in [-0.2, -0.15) is 0 Å². The number of carbonyl (C=O) groups is 2.